The van der Waals surface area contributed by atoms with Gasteiger partial charge in [0.2, 0.25) is 6.29 Å². The third kappa shape index (κ3) is 7.34. The molecule has 6 bridgehead atoms. The number of fused-ring (bicyclic) bond motifs is 2. The van der Waals surface area contributed by atoms with Gasteiger partial charge in [0.1, 0.15) is 40.8 Å². The largest absolute Gasteiger partial charge is 0.511 e. The first kappa shape index (κ1) is 45.2. The number of aliphatic hydroxyl groups is 7. The molecule has 1 saturated heterocycles. The Labute approximate surface area is 386 Å². The average molecular weight is 929 g/mol. The van der Waals surface area contributed by atoms with Crippen LogP contribution in [0.1, 0.15) is 102 Å². The van der Waals surface area contributed by atoms with E-state index in [1.54, 1.807) is 30.4 Å². The summed E-state index contributed by atoms with van der Waals surface area (Å²) in [4.78, 5) is 31.0. The first-order valence-corrected chi connectivity index (χ1v) is 25.6. The highest BCUT2D eigenvalue weighted by Crippen LogP contribution is 2.69. The smallest absolute Gasteiger partial charge is 0.229 e. The van der Waals surface area contributed by atoms with Gasteiger partial charge in [-0.15, -0.1) is 0 Å². The monoisotopic (exact) mass is 928 g/mol. The molecule has 9 N–H and O–H groups in total. The Morgan fingerprint density at radius 1 is 0.938 bits per heavy atom. The second-order valence-electron chi connectivity index (χ2n) is 19.8. The van der Waals surface area contributed by atoms with Crippen LogP contribution in [0.15, 0.2) is 89.0 Å². The molecular weight excluding hydrogens is 869 g/mol. The quantitative estimate of drug-likeness (QED) is 0.161. The predicted octanol–water partition coefficient (Wildman–Crippen LogP) is 5.30. The summed E-state index contributed by atoms with van der Waals surface area (Å²) in [6.07, 6.45) is 7.68. The highest BCUT2D eigenvalue weighted by atomic mass is 33.1. The fraction of sp³-hybridized carbons (Fsp3) is 0.560. The molecule has 3 heterocycles. The standard InChI is InChI=1S/C50H60N2O11S2/c53-15-5-10-39-50-35(18-30(19-38(50)56)17-28-6-3-7-29(16-28)23-54)42(57)33-8-4-9-36(41(33)44(50)59)62-46-45(60)49(61,43(58)37(24-55)63-46)26-48-25-47(13-1-2-14-47)21-32(48)12-11-31-22-51-40(20-34(31)48)52-27-64-65-39/h3-4,6-9,16,18-20,32,35,37,39,43,45-46,51-56,58,60-61H,1-2,5,10-15,17,21-27H2/t32-,35+,37+,39-,43+,45-,46+,48-,49-,50-/m0/s1. The molecule has 348 valence electrons. The Kier molecular flexibility index (Phi) is 12.1. The molecule has 65 heavy (non-hydrogen) atoms. The third-order valence-corrected chi connectivity index (χ3v) is 19.0. The van der Waals surface area contributed by atoms with Crippen molar-refractivity contribution in [3.63, 3.8) is 0 Å². The highest BCUT2D eigenvalue weighted by Gasteiger charge is 2.66. The van der Waals surface area contributed by atoms with Crippen LogP contribution in [0.2, 0.25) is 0 Å². The normalized spacial score (nSPS) is 36.2. The topological polar surface area (TPSA) is 218 Å². The Balaban J connectivity index is 1.11. The molecule has 0 aromatic heterocycles. The Morgan fingerprint density at radius 3 is 2.52 bits per heavy atom. The van der Waals surface area contributed by atoms with Gasteiger partial charge in [0.05, 0.1) is 36.4 Å². The van der Waals surface area contributed by atoms with Gasteiger partial charge < -0.3 is 55.9 Å². The van der Waals surface area contributed by atoms with Gasteiger partial charge >= 0.3 is 0 Å². The summed E-state index contributed by atoms with van der Waals surface area (Å²) in [5.74, 6) is -1.25. The second kappa shape index (κ2) is 17.5. The van der Waals surface area contributed by atoms with Gasteiger partial charge in [0.25, 0.3) is 0 Å². The fourth-order valence-electron chi connectivity index (χ4n) is 13.4. The van der Waals surface area contributed by atoms with Crippen molar-refractivity contribution >= 4 is 33.2 Å². The van der Waals surface area contributed by atoms with Crippen molar-refractivity contribution in [1.29, 1.82) is 0 Å². The van der Waals surface area contributed by atoms with Gasteiger partial charge in [-0.1, -0.05) is 76.9 Å². The summed E-state index contributed by atoms with van der Waals surface area (Å²) >= 11 is 0. The zero-order valence-corrected chi connectivity index (χ0v) is 38.0. The van der Waals surface area contributed by atoms with E-state index in [2.05, 4.69) is 16.7 Å². The van der Waals surface area contributed by atoms with Crippen molar-refractivity contribution < 1.29 is 54.8 Å². The van der Waals surface area contributed by atoms with Crippen LogP contribution in [0.4, 0.5) is 0 Å². The third-order valence-electron chi connectivity index (χ3n) is 16.3. The van der Waals surface area contributed by atoms with E-state index in [9.17, 15) is 35.7 Å². The van der Waals surface area contributed by atoms with E-state index < -0.39 is 70.4 Å². The van der Waals surface area contributed by atoms with Crippen LogP contribution < -0.4 is 15.4 Å². The number of carbonyl (C=O) groups excluding carboxylic acids is 2. The van der Waals surface area contributed by atoms with Crippen molar-refractivity contribution in [3.05, 3.63) is 111 Å². The number of benzene rings is 2. The highest BCUT2D eigenvalue weighted by molar-refractivity contribution is 8.76. The second-order valence-corrected chi connectivity index (χ2v) is 22.4. The lowest BCUT2D eigenvalue weighted by atomic mass is 9.57. The first-order valence-electron chi connectivity index (χ1n) is 23.2. The van der Waals surface area contributed by atoms with Crippen molar-refractivity contribution in [2.45, 2.75) is 119 Å². The van der Waals surface area contributed by atoms with Crippen LogP contribution >= 0.6 is 21.6 Å². The van der Waals surface area contributed by atoms with Crippen molar-refractivity contribution in [1.82, 2.24) is 10.6 Å². The molecule has 3 fully saturated rings. The number of carbonyl (C=O) groups is 2. The Morgan fingerprint density at radius 2 is 1.74 bits per heavy atom. The van der Waals surface area contributed by atoms with Crippen LogP contribution in [0.5, 0.6) is 5.75 Å². The maximum atomic E-state index is 15.8. The van der Waals surface area contributed by atoms with E-state index in [0.29, 0.717) is 30.0 Å². The number of ketones is 2. The van der Waals surface area contributed by atoms with E-state index in [1.165, 1.54) is 33.2 Å². The molecule has 8 aliphatic rings. The van der Waals surface area contributed by atoms with E-state index in [-0.39, 0.29) is 66.4 Å². The summed E-state index contributed by atoms with van der Waals surface area (Å²) < 4.78 is 12.7. The van der Waals surface area contributed by atoms with Gasteiger partial charge in [-0.2, -0.15) is 0 Å². The average Bonchev–Trinajstić information content (AvgIpc) is 3.90. The number of hydrogen-bond donors (Lipinski definition) is 9. The lowest BCUT2D eigenvalue weighted by Crippen LogP contribution is -2.69. The molecular formula is C50H60N2O11S2. The summed E-state index contributed by atoms with van der Waals surface area (Å²) in [6.45, 7) is -0.447. The van der Waals surface area contributed by atoms with Crippen molar-refractivity contribution in [2.24, 2.45) is 28.1 Å². The number of rotatable bonds is 7. The first-order chi connectivity index (χ1) is 31.4. The molecule has 15 heteroatoms. The number of aliphatic hydroxyl groups excluding tert-OH is 6. The van der Waals surface area contributed by atoms with E-state index in [4.69, 9.17) is 9.47 Å². The molecule has 0 unspecified atom stereocenters. The molecule has 10 rings (SSSR count). The van der Waals surface area contributed by atoms with Crippen molar-refractivity contribution in [2.75, 3.05) is 25.6 Å². The number of dihydropyridines is 1. The van der Waals surface area contributed by atoms with Gasteiger partial charge in [-0.3, -0.25) is 9.59 Å². The molecule has 3 spiro atoms. The molecule has 0 amide bonds. The van der Waals surface area contributed by atoms with Gasteiger partial charge in [0.15, 0.2) is 11.6 Å². The molecule has 5 aliphatic carbocycles. The Bertz CT molecular complexity index is 2360. The molecule has 3 aliphatic heterocycles. The molecule has 10 atom stereocenters. The van der Waals surface area contributed by atoms with Crippen molar-refractivity contribution in [3.8, 4) is 5.75 Å². The van der Waals surface area contributed by atoms with Crippen LogP contribution in [-0.2, 0) is 17.8 Å². The molecule has 0 radical (unpaired) electrons. The lowest BCUT2D eigenvalue weighted by molar-refractivity contribution is -0.320. The maximum Gasteiger partial charge on any atom is 0.229 e. The minimum atomic E-state index is -2.24. The number of allylic oxidation sites excluding steroid dienone is 6. The zero-order chi connectivity index (χ0) is 45.3. The van der Waals surface area contributed by atoms with Crippen LogP contribution in [0, 0.1) is 28.1 Å². The number of ether oxygens (including phenoxy) is 2. The molecule has 2 aromatic rings. The van der Waals surface area contributed by atoms with Gasteiger partial charge in [-0.25, -0.2) is 0 Å². The summed E-state index contributed by atoms with van der Waals surface area (Å²) in [7, 11) is 2.84. The summed E-state index contributed by atoms with van der Waals surface area (Å²) in [5.41, 5.74) is -0.175. The number of nitrogens with one attached hydrogen (secondary N) is 2. The zero-order valence-electron chi connectivity index (χ0n) is 36.4. The molecule has 13 nitrogen and oxygen atoms in total. The summed E-state index contributed by atoms with van der Waals surface area (Å²) in [6, 6.07) is 12.0. The minimum Gasteiger partial charge on any atom is -0.511 e. The van der Waals surface area contributed by atoms with Gasteiger partial charge in [0, 0.05) is 29.4 Å². The molecule has 2 aromatic carbocycles. The van der Waals surface area contributed by atoms with Crippen LogP contribution in [-0.4, -0.2) is 108 Å². The number of hydrogen-bond acceptors (Lipinski definition) is 15. The van der Waals surface area contributed by atoms with Gasteiger partial charge in [-0.05, 0) is 122 Å². The predicted molar refractivity (Wildman–Crippen MR) is 246 cm³/mol. The van der Waals surface area contributed by atoms with E-state index in [1.807, 2.05) is 18.2 Å². The van der Waals surface area contributed by atoms with E-state index in [0.717, 1.165) is 68.3 Å². The lowest BCUT2D eigenvalue weighted by Gasteiger charge is -2.54. The van der Waals surface area contributed by atoms with Crippen LogP contribution in [0.25, 0.3) is 0 Å². The number of Topliss-reactive ketones (excluding diaryl/α,β-unsaturated/α-hetero) is 2. The SMILES string of the molecule is O=C1c2cccc3c2C(=O)[C@@]2(C(O)=CC(Cc4cccc(CO)c4)=C[C@H]12)[C@H](CCCO)SSCNC1=CC2=C(CC[C@H]4CC5(CCCC5)C[C@@]24C[C@]2(O)[C@H](O)[C@@H](CO)O[C@@H](O3)[C@@H]2O)CN1. The maximum absolute atomic E-state index is 15.8. The van der Waals surface area contributed by atoms with E-state index >= 15 is 9.59 Å². The summed E-state index contributed by atoms with van der Waals surface area (Å²) in [5, 5.41) is 87.3. The Hall–Kier alpha value is -3.64. The minimum absolute atomic E-state index is 0.0129. The molecule has 2 saturated carbocycles. The fourth-order valence-corrected chi connectivity index (χ4v) is 16.2. The van der Waals surface area contributed by atoms with Crippen LogP contribution in [0.3, 0.4) is 0 Å².